The van der Waals surface area contributed by atoms with Gasteiger partial charge in [-0.1, -0.05) is 66.7 Å². The Hall–Kier alpha value is -2.53. The molecule has 1 heterocycles. The maximum Gasteiger partial charge on any atom is 0.123 e. The van der Waals surface area contributed by atoms with Crippen molar-refractivity contribution in [2.45, 2.75) is 24.5 Å². The highest BCUT2D eigenvalue weighted by atomic mass is 19.1. The summed E-state index contributed by atoms with van der Waals surface area (Å²) in [6.07, 6.45) is 0.563. The summed E-state index contributed by atoms with van der Waals surface area (Å²) in [7, 11) is 0. The van der Waals surface area contributed by atoms with Crippen LogP contribution < -0.4 is 0 Å². The Bertz CT molecular complexity index is 917. The fraction of sp³-hybridized carbons (Fsp3) is 0.280. The normalized spacial score (nSPS) is 17.8. The molecule has 1 fully saturated rings. The van der Waals surface area contributed by atoms with Crippen LogP contribution in [0.2, 0.25) is 0 Å². The fourth-order valence-electron chi connectivity index (χ4n) is 4.03. The van der Waals surface area contributed by atoms with Gasteiger partial charge in [0.2, 0.25) is 0 Å². The highest BCUT2D eigenvalue weighted by molar-refractivity contribution is 5.63. The Morgan fingerprint density at radius 1 is 0.828 bits per heavy atom. The van der Waals surface area contributed by atoms with E-state index in [1.165, 1.54) is 12.1 Å². The number of aliphatic hydroxyl groups is 2. The molecule has 2 N–H and O–H groups in total. The molecule has 3 aromatic carbocycles. The zero-order valence-electron chi connectivity index (χ0n) is 16.3. The first-order valence-corrected chi connectivity index (χ1v) is 10.1. The molecular weight excluding hydrogens is 365 g/mol. The monoisotopic (exact) mass is 391 g/mol. The third kappa shape index (κ3) is 4.56. The van der Waals surface area contributed by atoms with Crippen molar-refractivity contribution in [3.05, 3.63) is 95.8 Å². The second kappa shape index (κ2) is 8.46. The molecule has 0 spiro atoms. The Morgan fingerprint density at radius 2 is 1.41 bits per heavy atom. The van der Waals surface area contributed by atoms with Crippen LogP contribution in [0.25, 0.3) is 11.1 Å². The molecule has 0 saturated carbocycles. The molecule has 0 amide bonds. The Morgan fingerprint density at radius 3 is 2.03 bits per heavy atom. The van der Waals surface area contributed by atoms with E-state index >= 15 is 0 Å². The number of halogens is 1. The molecule has 1 aliphatic rings. The second-order valence-electron chi connectivity index (χ2n) is 7.84. The minimum atomic E-state index is -0.924. The van der Waals surface area contributed by atoms with Crippen molar-refractivity contribution in [1.82, 2.24) is 4.90 Å². The Labute approximate surface area is 171 Å². The van der Waals surface area contributed by atoms with Gasteiger partial charge < -0.3 is 15.1 Å². The largest absolute Gasteiger partial charge is 0.387 e. The van der Waals surface area contributed by atoms with Gasteiger partial charge in [-0.2, -0.15) is 0 Å². The van der Waals surface area contributed by atoms with Crippen molar-refractivity contribution in [1.29, 1.82) is 0 Å². The third-order valence-corrected chi connectivity index (χ3v) is 5.90. The zero-order valence-corrected chi connectivity index (χ0v) is 16.3. The zero-order chi connectivity index (χ0) is 20.3. The summed E-state index contributed by atoms with van der Waals surface area (Å²) in [6, 6.07) is 24.3. The quantitative estimate of drug-likeness (QED) is 0.673. The number of hydrogen-bond donors (Lipinski definition) is 2. The van der Waals surface area contributed by atoms with Crippen molar-refractivity contribution in [3.63, 3.8) is 0 Å². The van der Waals surface area contributed by atoms with E-state index in [-0.39, 0.29) is 5.82 Å². The van der Waals surface area contributed by atoms with Crippen molar-refractivity contribution < 1.29 is 14.6 Å². The number of benzene rings is 3. The van der Waals surface area contributed by atoms with Crippen molar-refractivity contribution in [2.75, 3.05) is 19.6 Å². The molecule has 1 saturated heterocycles. The van der Waals surface area contributed by atoms with Gasteiger partial charge >= 0.3 is 0 Å². The van der Waals surface area contributed by atoms with E-state index in [2.05, 4.69) is 17.0 Å². The summed E-state index contributed by atoms with van der Waals surface area (Å²) in [6.45, 7) is 1.91. The highest BCUT2D eigenvalue weighted by Crippen LogP contribution is 2.33. The molecule has 0 aliphatic carbocycles. The standard InChI is InChI=1S/C25H26FNO2/c26-23-12-10-22(11-13-23)25(29)14-16-27(17-15-25)18-24(28)21-8-6-20(7-9-21)19-4-2-1-3-5-19/h1-13,24,28-29H,14-18H2/t24-/m0/s1. The highest BCUT2D eigenvalue weighted by Gasteiger charge is 2.34. The fourth-order valence-corrected chi connectivity index (χ4v) is 4.03. The van der Waals surface area contributed by atoms with Crippen molar-refractivity contribution in [2.24, 2.45) is 0 Å². The molecule has 1 atom stereocenters. The molecule has 3 nitrogen and oxygen atoms in total. The number of likely N-dealkylation sites (tertiary alicyclic amines) is 1. The third-order valence-electron chi connectivity index (χ3n) is 5.90. The lowest BCUT2D eigenvalue weighted by Gasteiger charge is -2.39. The van der Waals surface area contributed by atoms with E-state index in [9.17, 15) is 14.6 Å². The predicted octanol–water partition coefficient (Wildman–Crippen LogP) is 4.51. The van der Waals surface area contributed by atoms with Gasteiger partial charge in [0.25, 0.3) is 0 Å². The molecule has 0 aromatic heterocycles. The van der Waals surface area contributed by atoms with Crippen LogP contribution in [-0.2, 0) is 5.60 Å². The molecule has 4 rings (SSSR count). The number of β-amino-alcohol motifs (C(OH)–C–C–N with tert-alkyl or cyclic N) is 1. The van der Waals surface area contributed by atoms with Crippen LogP contribution in [0.4, 0.5) is 4.39 Å². The molecule has 0 unspecified atom stereocenters. The maximum atomic E-state index is 13.1. The van der Waals surface area contributed by atoms with Crippen LogP contribution in [0.5, 0.6) is 0 Å². The Balaban J connectivity index is 1.35. The first-order valence-electron chi connectivity index (χ1n) is 10.1. The van der Waals surface area contributed by atoms with Gasteiger partial charge in [-0.15, -0.1) is 0 Å². The lowest BCUT2D eigenvalue weighted by molar-refractivity contribution is -0.0345. The molecule has 3 aromatic rings. The van der Waals surface area contributed by atoms with Crippen LogP contribution in [0, 0.1) is 5.82 Å². The van der Waals surface area contributed by atoms with Crippen LogP contribution in [0.15, 0.2) is 78.9 Å². The summed E-state index contributed by atoms with van der Waals surface area (Å²) in [5.74, 6) is -0.295. The van der Waals surface area contributed by atoms with E-state index in [4.69, 9.17) is 0 Å². The van der Waals surface area contributed by atoms with Crippen LogP contribution in [-0.4, -0.2) is 34.7 Å². The number of aliphatic hydroxyl groups excluding tert-OH is 1. The van der Waals surface area contributed by atoms with E-state index in [0.29, 0.717) is 32.5 Å². The topological polar surface area (TPSA) is 43.7 Å². The van der Waals surface area contributed by atoms with Crippen LogP contribution in [0.1, 0.15) is 30.1 Å². The summed E-state index contributed by atoms with van der Waals surface area (Å²) in [5.41, 5.74) is 3.01. The van der Waals surface area contributed by atoms with Crippen molar-refractivity contribution in [3.8, 4) is 11.1 Å². The number of nitrogens with zero attached hydrogens (tertiary/aromatic N) is 1. The smallest absolute Gasteiger partial charge is 0.123 e. The molecule has 29 heavy (non-hydrogen) atoms. The van der Waals surface area contributed by atoms with E-state index in [0.717, 1.165) is 22.3 Å². The van der Waals surface area contributed by atoms with E-state index < -0.39 is 11.7 Å². The second-order valence-corrected chi connectivity index (χ2v) is 7.84. The van der Waals surface area contributed by atoms with Crippen molar-refractivity contribution >= 4 is 0 Å². The summed E-state index contributed by atoms with van der Waals surface area (Å²) < 4.78 is 13.1. The maximum absolute atomic E-state index is 13.1. The molecular formula is C25H26FNO2. The van der Waals surface area contributed by atoms with E-state index in [1.807, 2.05) is 42.5 Å². The van der Waals surface area contributed by atoms with Gasteiger partial charge in [0.1, 0.15) is 5.82 Å². The van der Waals surface area contributed by atoms with Gasteiger partial charge in [0, 0.05) is 19.6 Å². The number of hydrogen-bond acceptors (Lipinski definition) is 3. The molecule has 0 bridgehead atoms. The lowest BCUT2D eigenvalue weighted by Crippen LogP contribution is -2.43. The first kappa shape index (κ1) is 19.8. The molecule has 0 radical (unpaired) electrons. The molecule has 1 aliphatic heterocycles. The lowest BCUT2D eigenvalue weighted by atomic mass is 9.84. The molecule has 150 valence electrons. The minimum absolute atomic E-state index is 0.295. The SMILES string of the molecule is O[C@@H](CN1CCC(O)(c2ccc(F)cc2)CC1)c1ccc(-c2ccccc2)cc1. The van der Waals surface area contributed by atoms with Gasteiger partial charge in [-0.25, -0.2) is 4.39 Å². The number of piperidine rings is 1. The predicted molar refractivity (Wildman–Crippen MR) is 113 cm³/mol. The van der Waals surface area contributed by atoms with Gasteiger partial charge in [0.05, 0.1) is 11.7 Å². The minimum Gasteiger partial charge on any atom is -0.387 e. The van der Waals surface area contributed by atoms with Gasteiger partial charge in [-0.05, 0) is 47.2 Å². The summed E-state index contributed by atoms with van der Waals surface area (Å²) in [5, 5.41) is 21.6. The first-order chi connectivity index (χ1) is 14.0. The van der Waals surface area contributed by atoms with Gasteiger partial charge in [0.15, 0.2) is 0 Å². The molecule has 4 heteroatoms. The number of rotatable bonds is 5. The van der Waals surface area contributed by atoms with E-state index in [1.54, 1.807) is 12.1 Å². The average molecular weight is 391 g/mol. The Kier molecular flexibility index (Phi) is 5.76. The van der Waals surface area contributed by atoms with Crippen LogP contribution >= 0.6 is 0 Å². The van der Waals surface area contributed by atoms with Gasteiger partial charge in [-0.3, -0.25) is 0 Å². The van der Waals surface area contributed by atoms with Crippen LogP contribution in [0.3, 0.4) is 0 Å². The summed E-state index contributed by atoms with van der Waals surface area (Å²) >= 11 is 0. The summed E-state index contributed by atoms with van der Waals surface area (Å²) in [4.78, 5) is 2.17. The average Bonchev–Trinajstić information content (AvgIpc) is 2.76.